The molecule has 9 nitrogen and oxygen atoms in total. The van der Waals surface area contributed by atoms with E-state index in [0.717, 1.165) is 23.9 Å². The highest BCUT2D eigenvalue weighted by Crippen LogP contribution is 2.23. The van der Waals surface area contributed by atoms with Gasteiger partial charge in [0.15, 0.2) is 5.82 Å². The van der Waals surface area contributed by atoms with Gasteiger partial charge in [-0.3, -0.25) is 0 Å². The quantitative estimate of drug-likeness (QED) is 0.480. The van der Waals surface area contributed by atoms with E-state index in [1.165, 1.54) is 31.9 Å². The zero-order valence-electron chi connectivity index (χ0n) is 19.0. The molecule has 1 heterocycles. The zero-order valence-corrected chi connectivity index (χ0v) is 19.0. The number of hydrogen-bond acceptors (Lipinski definition) is 9. The number of nitrogens with two attached hydrogens (primary N) is 3. The highest BCUT2D eigenvalue weighted by atomic mass is 16.5. The van der Waals surface area contributed by atoms with Crippen LogP contribution in [0.5, 0.6) is 5.75 Å². The summed E-state index contributed by atoms with van der Waals surface area (Å²) >= 11 is 0. The van der Waals surface area contributed by atoms with Crippen LogP contribution in [0.4, 0.5) is 23.1 Å². The Morgan fingerprint density at radius 2 is 1.71 bits per heavy atom. The van der Waals surface area contributed by atoms with E-state index in [2.05, 4.69) is 15.3 Å². The molecule has 3 rings (SSSR count). The van der Waals surface area contributed by atoms with E-state index in [9.17, 15) is 0 Å². The standard InChI is InChI=1S/C13H17N5O2.C6H13N.C2H6.CH2O/c1-19-6-7-20-10-4-2-9(3-5-10)17-12-11(14)8-16-13(15)18-12;7-5-6-3-1-2-4-6;2*1-2/h2-5,8H,6-7,14H2,1H3,(H3,15,16,17,18);6H,1-5,7H2;1-2H3;1H2. The van der Waals surface area contributed by atoms with E-state index < -0.39 is 0 Å². The Morgan fingerprint density at radius 3 is 2.23 bits per heavy atom. The Balaban J connectivity index is 0.000000681. The first-order chi connectivity index (χ1) is 15.1. The van der Waals surface area contributed by atoms with Gasteiger partial charge in [-0.15, -0.1) is 0 Å². The number of hydrogen-bond donors (Lipinski definition) is 4. The summed E-state index contributed by atoms with van der Waals surface area (Å²) in [5.41, 5.74) is 18.0. The van der Waals surface area contributed by atoms with Gasteiger partial charge in [-0.05, 0) is 49.6 Å². The number of anilines is 4. The normalized spacial score (nSPS) is 12.3. The molecule has 0 bridgehead atoms. The second-order valence-corrected chi connectivity index (χ2v) is 6.41. The maximum atomic E-state index is 8.00. The number of methoxy groups -OCH3 is 1. The average molecular weight is 435 g/mol. The molecule has 0 amide bonds. The molecule has 1 aliphatic carbocycles. The van der Waals surface area contributed by atoms with E-state index >= 15 is 0 Å². The smallest absolute Gasteiger partial charge is 0.222 e. The Labute approximate surface area is 185 Å². The molecule has 0 aliphatic heterocycles. The van der Waals surface area contributed by atoms with Crippen molar-refractivity contribution in [3.63, 3.8) is 0 Å². The molecule has 1 aliphatic rings. The van der Waals surface area contributed by atoms with Crippen molar-refractivity contribution < 1.29 is 14.3 Å². The SMILES string of the molecule is C=O.CC.COCCOc1ccc(Nc2nc(N)ncc2N)cc1.NCC1CCCC1. The Kier molecular flexibility index (Phi) is 16.2. The number of rotatable bonds is 7. The molecule has 0 radical (unpaired) electrons. The third-order valence-electron chi connectivity index (χ3n) is 4.32. The van der Waals surface area contributed by atoms with Crippen molar-refractivity contribution in [3.8, 4) is 5.75 Å². The summed E-state index contributed by atoms with van der Waals surface area (Å²) in [5, 5.41) is 3.07. The van der Waals surface area contributed by atoms with Gasteiger partial charge in [-0.2, -0.15) is 4.98 Å². The van der Waals surface area contributed by atoms with E-state index in [1.807, 2.05) is 44.9 Å². The topological polar surface area (TPSA) is 151 Å². The molecule has 1 fully saturated rings. The van der Waals surface area contributed by atoms with Gasteiger partial charge in [-0.25, -0.2) is 4.98 Å². The summed E-state index contributed by atoms with van der Waals surface area (Å²) in [7, 11) is 1.63. The molecular formula is C22H38N6O3. The predicted octanol–water partition coefficient (Wildman–Crippen LogP) is 3.39. The predicted molar refractivity (Wildman–Crippen MR) is 127 cm³/mol. The van der Waals surface area contributed by atoms with Crippen LogP contribution in [0.1, 0.15) is 39.5 Å². The lowest BCUT2D eigenvalue weighted by Gasteiger charge is -2.10. The Bertz CT molecular complexity index is 694. The van der Waals surface area contributed by atoms with Crippen LogP contribution < -0.4 is 27.3 Å². The van der Waals surface area contributed by atoms with Crippen molar-refractivity contribution >= 4 is 29.9 Å². The summed E-state index contributed by atoms with van der Waals surface area (Å²) in [6.07, 6.45) is 7.07. The van der Waals surface area contributed by atoms with Gasteiger partial charge in [0.05, 0.1) is 18.5 Å². The third-order valence-corrected chi connectivity index (χ3v) is 4.32. The van der Waals surface area contributed by atoms with Crippen LogP contribution in [0.25, 0.3) is 0 Å². The van der Waals surface area contributed by atoms with Crippen LogP contribution in [0.2, 0.25) is 0 Å². The van der Waals surface area contributed by atoms with Crippen molar-refractivity contribution in [2.45, 2.75) is 39.5 Å². The first kappa shape index (κ1) is 28.1. The van der Waals surface area contributed by atoms with E-state index in [1.54, 1.807) is 7.11 Å². The number of aromatic nitrogens is 2. The molecule has 1 aromatic carbocycles. The minimum absolute atomic E-state index is 0.168. The maximum absolute atomic E-state index is 8.00. The first-order valence-corrected chi connectivity index (χ1v) is 10.5. The van der Waals surface area contributed by atoms with Crippen LogP contribution in [0.15, 0.2) is 30.5 Å². The minimum Gasteiger partial charge on any atom is -0.491 e. The highest BCUT2D eigenvalue weighted by molar-refractivity contribution is 5.68. The number of nitrogen functional groups attached to an aromatic ring is 2. The average Bonchev–Trinajstić information content (AvgIpc) is 3.35. The fraction of sp³-hybridized carbons (Fsp3) is 0.500. The summed E-state index contributed by atoms with van der Waals surface area (Å²) in [6.45, 7) is 7.98. The second kappa shape index (κ2) is 17.9. The highest BCUT2D eigenvalue weighted by Gasteiger charge is 2.11. The van der Waals surface area contributed by atoms with Crippen molar-refractivity contribution in [2.24, 2.45) is 11.7 Å². The number of ether oxygens (including phenoxy) is 2. The fourth-order valence-electron chi connectivity index (χ4n) is 2.77. The van der Waals surface area contributed by atoms with Gasteiger partial charge in [0.1, 0.15) is 19.1 Å². The first-order valence-electron chi connectivity index (χ1n) is 10.5. The number of carbonyl (C=O) groups excluding carboxylic acids is 1. The second-order valence-electron chi connectivity index (χ2n) is 6.41. The van der Waals surface area contributed by atoms with Crippen molar-refractivity contribution in [2.75, 3.05) is 43.7 Å². The lowest BCUT2D eigenvalue weighted by atomic mass is 10.1. The monoisotopic (exact) mass is 434 g/mol. The summed E-state index contributed by atoms with van der Waals surface area (Å²) < 4.78 is 10.4. The van der Waals surface area contributed by atoms with Gasteiger partial charge >= 0.3 is 0 Å². The van der Waals surface area contributed by atoms with Crippen LogP contribution in [-0.2, 0) is 9.53 Å². The van der Waals surface area contributed by atoms with Gasteiger partial charge < -0.3 is 36.8 Å². The molecule has 174 valence electrons. The summed E-state index contributed by atoms with van der Waals surface area (Å²) in [5.74, 6) is 2.29. The molecule has 9 heteroatoms. The molecule has 1 saturated carbocycles. The zero-order chi connectivity index (χ0) is 23.5. The molecule has 1 aromatic heterocycles. The number of nitrogens with zero attached hydrogens (tertiary/aromatic N) is 2. The molecule has 0 atom stereocenters. The van der Waals surface area contributed by atoms with Crippen LogP contribution in [0.3, 0.4) is 0 Å². The molecule has 0 saturated heterocycles. The van der Waals surface area contributed by atoms with Gasteiger partial charge in [0.25, 0.3) is 0 Å². The Hall–Kier alpha value is -2.91. The van der Waals surface area contributed by atoms with Crippen molar-refractivity contribution in [1.82, 2.24) is 9.97 Å². The molecular weight excluding hydrogens is 396 g/mol. The fourth-order valence-corrected chi connectivity index (χ4v) is 2.77. The number of nitrogens with one attached hydrogen (secondary N) is 1. The third kappa shape index (κ3) is 11.8. The minimum atomic E-state index is 0.168. The van der Waals surface area contributed by atoms with Crippen molar-refractivity contribution in [3.05, 3.63) is 30.5 Å². The summed E-state index contributed by atoms with van der Waals surface area (Å²) in [4.78, 5) is 15.8. The van der Waals surface area contributed by atoms with Crippen LogP contribution in [0, 0.1) is 5.92 Å². The van der Waals surface area contributed by atoms with E-state index in [0.29, 0.717) is 24.7 Å². The lowest BCUT2D eigenvalue weighted by molar-refractivity contribution is -0.0979. The molecule has 2 aromatic rings. The number of benzene rings is 1. The van der Waals surface area contributed by atoms with E-state index in [4.69, 9.17) is 31.5 Å². The van der Waals surface area contributed by atoms with Gasteiger partial charge in [-0.1, -0.05) is 26.7 Å². The summed E-state index contributed by atoms with van der Waals surface area (Å²) in [6, 6.07) is 7.41. The van der Waals surface area contributed by atoms with Gasteiger partial charge in [0, 0.05) is 12.8 Å². The molecule has 0 unspecified atom stereocenters. The molecule has 31 heavy (non-hydrogen) atoms. The van der Waals surface area contributed by atoms with Crippen LogP contribution >= 0.6 is 0 Å². The van der Waals surface area contributed by atoms with Crippen LogP contribution in [-0.4, -0.2) is 43.6 Å². The van der Waals surface area contributed by atoms with Crippen molar-refractivity contribution in [1.29, 1.82) is 0 Å². The largest absolute Gasteiger partial charge is 0.491 e. The maximum Gasteiger partial charge on any atom is 0.222 e. The Morgan fingerprint density at radius 1 is 1.10 bits per heavy atom. The number of carbonyl (C=O) groups is 1. The van der Waals surface area contributed by atoms with E-state index in [-0.39, 0.29) is 5.95 Å². The molecule has 0 spiro atoms. The lowest BCUT2D eigenvalue weighted by Crippen LogP contribution is -2.09. The molecule has 7 N–H and O–H groups in total. The van der Waals surface area contributed by atoms with Gasteiger partial charge in [0.2, 0.25) is 5.95 Å².